The summed E-state index contributed by atoms with van der Waals surface area (Å²) in [7, 11) is 0. The van der Waals surface area contributed by atoms with Gasteiger partial charge in [0, 0.05) is 19.3 Å². The van der Waals surface area contributed by atoms with Gasteiger partial charge in [0.1, 0.15) is 6.10 Å². The van der Waals surface area contributed by atoms with Crippen molar-refractivity contribution in [3.8, 4) is 0 Å². The lowest BCUT2D eigenvalue weighted by Crippen LogP contribution is -2.20. The van der Waals surface area contributed by atoms with E-state index in [1.54, 1.807) is 0 Å². The fourth-order valence-corrected chi connectivity index (χ4v) is 1.70. The van der Waals surface area contributed by atoms with E-state index in [9.17, 15) is 0 Å². The molecule has 88 valence electrons. The summed E-state index contributed by atoms with van der Waals surface area (Å²) in [5.74, 6) is 0.522. The monoisotopic (exact) mass is 215 g/mol. The number of epoxide rings is 1. The van der Waals surface area contributed by atoms with Crippen LogP contribution in [-0.2, 0) is 9.47 Å². The molecule has 3 unspecified atom stereocenters. The van der Waals surface area contributed by atoms with E-state index in [1.807, 2.05) is 0 Å². The van der Waals surface area contributed by atoms with Crippen LogP contribution in [0.15, 0.2) is 0 Å². The minimum absolute atomic E-state index is 0.335. The molecule has 1 aliphatic carbocycles. The first kappa shape index (κ1) is 11.3. The molecule has 0 radical (unpaired) electrons. The van der Waals surface area contributed by atoms with E-state index in [4.69, 9.17) is 14.6 Å². The van der Waals surface area contributed by atoms with Crippen LogP contribution in [0.2, 0.25) is 0 Å². The van der Waals surface area contributed by atoms with Crippen LogP contribution in [0.3, 0.4) is 0 Å². The van der Waals surface area contributed by atoms with Gasteiger partial charge in [0.05, 0.1) is 13.2 Å². The van der Waals surface area contributed by atoms with Crippen LogP contribution in [0.1, 0.15) is 19.3 Å². The molecule has 1 saturated heterocycles. The lowest BCUT2D eigenvalue weighted by Gasteiger charge is -2.04. The molecule has 1 saturated carbocycles. The van der Waals surface area contributed by atoms with Crippen molar-refractivity contribution < 1.29 is 14.6 Å². The van der Waals surface area contributed by atoms with Crippen LogP contribution >= 0.6 is 0 Å². The SMILES string of the molecule is OCC1CC1NCCCCOCC1CO1. The van der Waals surface area contributed by atoms with Crippen LogP contribution in [0, 0.1) is 5.92 Å². The van der Waals surface area contributed by atoms with Gasteiger partial charge in [-0.1, -0.05) is 0 Å². The summed E-state index contributed by atoms with van der Waals surface area (Å²) < 4.78 is 10.5. The zero-order valence-corrected chi connectivity index (χ0v) is 9.15. The quantitative estimate of drug-likeness (QED) is 0.425. The zero-order chi connectivity index (χ0) is 10.5. The molecule has 1 aliphatic heterocycles. The third kappa shape index (κ3) is 4.47. The van der Waals surface area contributed by atoms with E-state index in [-0.39, 0.29) is 0 Å². The second-order valence-electron chi connectivity index (χ2n) is 4.48. The Kier molecular flexibility index (Phi) is 4.38. The number of hydrogen-bond acceptors (Lipinski definition) is 4. The van der Waals surface area contributed by atoms with Crippen LogP contribution in [0.25, 0.3) is 0 Å². The maximum atomic E-state index is 8.84. The van der Waals surface area contributed by atoms with E-state index in [2.05, 4.69) is 5.32 Å². The summed E-state index contributed by atoms with van der Waals surface area (Å²) in [6.45, 7) is 3.87. The van der Waals surface area contributed by atoms with E-state index in [0.717, 1.165) is 45.6 Å². The van der Waals surface area contributed by atoms with Gasteiger partial charge in [-0.15, -0.1) is 0 Å². The summed E-state index contributed by atoms with van der Waals surface area (Å²) in [5.41, 5.74) is 0. The van der Waals surface area contributed by atoms with Crippen molar-refractivity contribution in [1.29, 1.82) is 0 Å². The summed E-state index contributed by atoms with van der Waals surface area (Å²) in [5, 5.41) is 12.3. The van der Waals surface area contributed by atoms with Crippen molar-refractivity contribution in [1.82, 2.24) is 5.32 Å². The molecule has 0 aromatic rings. The van der Waals surface area contributed by atoms with Gasteiger partial charge in [0.25, 0.3) is 0 Å². The van der Waals surface area contributed by atoms with Crippen molar-refractivity contribution in [2.24, 2.45) is 5.92 Å². The van der Waals surface area contributed by atoms with Crippen LogP contribution in [0.4, 0.5) is 0 Å². The molecule has 2 N–H and O–H groups in total. The smallest absolute Gasteiger partial charge is 0.104 e. The molecule has 1 heterocycles. The molecule has 0 bridgehead atoms. The molecule has 4 heteroatoms. The minimum Gasteiger partial charge on any atom is -0.396 e. The highest BCUT2D eigenvalue weighted by molar-refractivity contribution is 4.92. The van der Waals surface area contributed by atoms with Crippen LogP contribution in [0.5, 0.6) is 0 Å². The fourth-order valence-electron chi connectivity index (χ4n) is 1.70. The van der Waals surface area contributed by atoms with Gasteiger partial charge >= 0.3 is 0 Å². The van der Waals surface area contributed by atoms with Gasteiger partial charge in [-0.05, 0) is 31.7 Å². The first-order chi connectivity index (χ1) is 7.40. The maximum Gasteiger partial charge on any atom is 0.104 e. The highest BCUT2D eigenvalue weighted by Crippen LogP contribution is 2.29. The van der Waals surface area contributed by atoms with Gasteiger partial charge in [-0.25, -0.2) is 0 Å². The molecule has 0 amide bonds. The molecule has 4 nitrogen and oxygen atoms in total. The van der Waals surface area contributed by atoms with Crippen molar-refractivity contribution in [2.45, 2.75) is 31.4 Å². The van der Waals surface area contributed by atoms with Crippen molar-refractivity contribution >= 4 is 0 Å². The average Bonchev–Trinajstić information content (AvgIpc) is 3.12. The maximum absolute atomic E-state index is 8.84. The largest absolute Gasteiger partial charge is 0.396 e. The Morgan fingerprint density at radius 1 is 1.40 bits per heavy atom. The number of unbranched alkanes of at least 4 members (excludes halogenated alkanes) is 1. The molecular weight excluding hydrogens is 194 g/mol. The Labute approximate surface area is 90.9 Å². The van der Waals surface area contributed by atoms with Crippen molar-refractivity contribution in [2.75, 3.05) is 33.0 Å². The first-order valence-corrected chi connectivity index (χ1v) is 5.93. The Morgan fingerprint density at radius 2 is 2.27 bits per heavy atom. The molecule has 0 aromatic heterocycles. The van der Waals surface area contributed by atoms with E-state index in [1.165, 1.54) is 0 Å². The highest BCUT2D eigenvalue weighted by atomic mass is 16.6. The molecule has 2 fully saturated rings. The third-order valence-corrected chi connectivity index (χ3v) is 2.99. The molecule has 0 aromatic carbocycles. The van der Waals surface area contributed by atoms with Gasteiger partial charge in [-0.2, -0.15) is 0 Å². The fraction of sp³-hybridized carbons (Fsp3) is 1.00. The minimum atomic E-state index is 0.335. The average molecular weight is 215 g/mol. The van der Waals surface area contributed by atoms with Crippen molar-refractivity contribution in [3.05, 3.63) is 0 Å². The number of aliphatic hydroxyl groups excluding tert-OH is 1. The standard InChI is InChI=1S/C11H21NO3/c13-6-9-5-11(9)12-3-1-2-4-14-7-10-8-15-10/h9-13H,1-8H2. The highest BCUT2D eigenvalue weighted by Gasteiger charge is 2.35. The Bertz CT molecular complexity index is 185. The molecular formula is C11H21NO3. The predicted molar refractivity (Wildman–Crippen MR) is 56.8 cm³/mol. The number of rotatable bonds is 9. The predicted octanol–water partition coefficient (Wildman–Crippen LogP) is 0.152. The summed E-state index contributed by atoms with van der Waals surface area (Å²) in [4.78, 5) is 0. The Balaban J connectivity index is 1.30. The topological polar surface area (TPSA) is 54.0 Å². The van der Waals surface area contributed by atoms with Gasteiger partial charge in [0.15, 0.2) is 0 Å². The van der Waals surface area contributed by atoms with Crippen LogP contribution in [-0.4, -0.2) is 50.2 Å². The summed E-state index contributed by atoms with van der Waals surface area (Å²) in [6, 6.07) is 0.579. The second-order valence-corrected chi connectivity index (χ2v) is 4.48. The number of hydrogen-bond donors (Lipinski definition) is 2. The molecule has 0 spiro atoms. The van der Waals surface area contributed by atoms with Gasteiger partial charge in [0.2, 0.25) is 0 Å². The van der Waals surface area contributed by atoms with Crippen molar-refractivity contribution in [3.63, 3.8) is 0 Å². The summed E-state index contributed by atoms with van der Waals surface area (Å²) in [6.07, 6.45) is 3.79. The molecule has 15 heavy (non-hydrogen) atoms. The third-order valence-electron chi connectivity index (χ3n) is 2.99. The van der Waals surface area contributed by atoms with E-state index >= 15 is 0 Å². The number of nitrogens with one attached hydrogen (secondary N) is 1. The normalized spacial score (nSPS) is 33.0. The molecule has 3 atom stereocenters. The van der Waals surface area contributed by atoms with Gasteiger partial charge in [-0.3, -0.25) is 0 Å². The first-order valence-electron chi connectivity index (χ1n) is 5.93. The van der Waals surface area contributed by atoms with E-state index < -0.39 is 0 Å². The molecule has 2 aliphatic rings. The van der Waals surface area contributed by atoms with Crippen LogP contribution < -0.4 is 5.32 Å². The second kappa shape index (κ2) is 5.80. The number of aliphatic hydroxyl groups is 1. The molecule has 2 rings (SSSR count). The Hall–Kier alpha value is -0.160. The zero-order valence-electron chi connectivity index (χ0n) is 9.15. The van der Waals surface area contributed by atoms with Gasteiger partial charge < -0.3 is 19.9 Å². The summed E-state index contributed by atoms with van der Waals surface area (Å²) >= 11 is 0. The lowest BCUT2D eigenvalue weighted by atomic mass is 10.3. The van der Waals surface area contributed by atoms with E-state index in [0.29, 0.717) is 24.7 Å². The Morgan fingerprint density at radius 3 is 2.93 bits per heavy atom. The lowest BCUT2D eigenvalue weighted by molar-refractivity contribution is 0.113. The number of ether oxygens (including phenoxy) is 2.